The second-order valence-electron chi connectivity index (χ2n) is 4.49. The number of carbonyl (C=O) groups excluding carboxylic acids is 1. The van der Waals surface area contributed by atoms with E-state index in [4.69, 9.17) is 9.47 Å². The first-order valence-corrected chi connectivity index (χ1v) is 4.56. The Hall–Kier alpha value is -0.570. The molecule has 78 valence electrons. The maximum absolute atomic E-state index is 10.8. The van der Waals surface area contributed by atoms with Crippen LogP contribution in [-0.4, -0.2) is 18.4 Å². The molecule has 0 bridgehead atoms. The molecule has 1 atom stereocenters. The molecule has 0 aromatic rings. The Kier molecular flexibility index (Phi) is 4.40. The van der Waals surface area contributed by atoms with Crippen molar-refractivity contribution in [2.24, 2.45) is 5.41 Å². The molecule has 3 heteroatoms. The van der Waals surface area contributed by atoms with Gasteiger partial charge in [0.05, 0.1) is 6.10 Å². The molecule has 0 aliphatic carbocycles. The summed E-state index contributed by atoms with van der Waals surface area (Å²) >= 11 is 0. The minimum atomic E-state index is -0.468. The first-order chi connectivity index (χ1) is 5.73. The van der Waals surface area contributed by atoms with Crippen LogP contribution in [0.3, 0.4) is 0 Å². The predicted molar refractivity (Wildman–Crippen MR) is 51.2 cm³/mol. The van der Waals surface area contributed by atoms with Crippen LogP contribution in [0.25, 0.3) is 0 Å². The molecule has 0 aliphatic rings. The van der Waals surface area contributed by atoms with Gasteiger partial charge in [0.2, 0.25) is 6.29 Å². The zero-order valence-corrected chi connectivity index (χ0v) is 9.38. The van der Waals surface area contributed by atoms with E-state index in [1.807, 2.05) is 34.6 Å². The van der Waals surface area contributed by atoms with Gasteiger partial charge in [-0.25, -0.2) is 0 Å². The summed E-state index contributed by atoms with van der Waals surface area (Å²) in [7, 11) is 0. The van der Waals surface area contributed by atoms with Crippen molar-refractivity contribution in [3.63, 3.8) is 0 Å². The van der Waals surface area contributed by atoms with Crippen LogP contribution in [-0.2, 0) is 14.3 Å². The van der Waals surface area contributed by atoms with Crippen LogP contribution in [0, 0.1) is 5.41 Å². The van der Waals surface area contributed by atoms with Crippen LogP contribution < -0.4 is 0 Å². The van der Waals surface area contributed by atoms with Crippen molar-refractivity contribution in [2.45, 2.75) is 53.9 Å². The molecule has 0 N–H and O–H groups in total. The van der Waals surface area contributed by atoms with Crippen molar-refractivity contribution in [3.05, 3.63) is 0 Å². The molecule has 0 spiro atoms. The van der Waals surface area contributed by atoms with Crippen molar-refractivity contribution in [2.75, 3.05) is 0 Å². The van der Waals surface area contributed by atoms with Gasteiger partial charge < -0.3 is 9.47 Å². The van der Waals surface area contributed by atoms with Gasteiger partial charge in [0.25, 0.3) is 0 Å². The first-order valence-electron chi connectivity index (χ1n) is 4.56. The molecule has 0 fully saturated rings. The molecular weight excluding hydrogens is 168 g/mol. The van der Waals surface area contributed by atoms with E-state index >= 15 is 0 Å². The molecule has 0 aromatic carbocycles. The van der Waals surface area contributed by atoms with Gasteiger partial charge in [-0.1, -0.05) is 20.8 Å². The van der Waals surface area contributed by atoms with Gasteiger partial charge >= 0.3 is 5.97 Å². The largest absolute Gasteiger partial charge is 0.435 e. The molecule has 0 rings (SSSR count). The molecule has 0 saturated carbocycles. The number of ether oxygens (including phenoxy) is 2. The van der Waals surface area contributed by atoms with E-state index in [1.54, 1.807) is 0 Å². The van der Waals surface area contributed by atoms with E-state index in [0.717, 1.165) is 0 Å². The van der Waals surface area contributed by atoms with Gasteiger partial charge in [0.15, 0.2) is 0 Å². The summed E-state index contributed by atoms with van der Waals surface area (Å²) in [5, 5.41) is 0. The normalized spacial score (nSPS) is 14.4. The highest BCUT2D eigenvalue weighted by Gasteiger charge is 2.29. The van der Waals surface area contributed by atoms with Crippen molar-refractivity contribution >= 4 is 5.97 Å². The summed E-state index contributed by atoms with van der Waals surface area (Å²) in [6.07, 6.45) is -0.409. The van der Waals surface area contributed by atoms with Gasteiger partial charge in [0, 0.05) is 12.3 Å². The molecule has 0 heterocycles. The standard InChI is InChI=1S/C10H20O3/c1-7(2)12-9(10(4,5)6)13-8(3)11/h7,9H,1-6H3. The summed E-state index contributed by atoms with van der Waals surface area (Å²) in [6, 6.07) is 0. The Labute approximate surface area is 80.4 Å². The highest BCUT2D eigenvalue weighted by molar-refractivity contribution is 5.66. The summed E-state index contributed by atoms with van der Waals surface area (Å²) in [4.78, 5) is 10.8. The van der Waals surface area contributed by atoms with Crippen LogP contribution in [0.15, 0.2) is 0 Å². The third-order valence-corrected chi connectivity index (χ3v) is 1.38. The van der Waals surface area contributed by atoms with Gasteiger partial charge in [-0.15, -0.1) is 0 Å². The van der Waals surface area contributed by atoms with E-state index in [2.05, 4.69) is 0 Å². The maximum Gasteiger partial charge on any atom is 0.304 e. The average molecular weight is 188 g/mol. The zero-order chi connectivity index (χ0) is 10.6. The van der Waals surface area contributed by atoms with Gasteiger partial charge in [-0.2, -0.15) is 0 Å². The number of carbonyl (C=O) groups is 1. The average Bonchev–Trinajstić information content (AvgIpc) is 1.81. The number of hydrogen-bond acceptors (Lipinski definition) is 3. The zero-order valence-electron chi connectivity index (χ0n) is 9.38. The van der Waals surface area contributed by atoms with Crippen molar-refractivity contribution in [1.82, 2.24) is 0 Å². The van der Waals surface area contributed by atoms with E-state index in [-0.39, 0.29) is 17.5 Å². The lowest BCUT2D eigenvalue weighted by atomic mass is 9.96. The fourth-order valence-electron chi connectivity index (χ4n) is 0.807. The smallest absolute Gasteiger partial charge is 0.304 e. The predicted octanol–water partition coefficient (Wildman–Crippen LogP) is 2.35. The molecule has 13 heavy (non-hydrogen) atoms. The summed E-state index contributed by atoms with van der Waals surface area (Å²) in [5.74, 6) is -0.305. The van der Waals surface area contributed by atoms with E-state index in [0.29, 0.717) is 0 Å². The third-order valence-electron chi connectivity index (χ3n) is 1.38. The molecule has 1 unspecified atom stereocenters. The Morgan fingerprint density at radius 3 is 1.92 bits per heavy atom. The minimum Gasteiger partial charge on any atom is -0.435 e. The third kappa shape index (κ3) is 5.64. The van der Waals surface area contributed by atoms with Crippen LogP contribution in [0.4, 0.5) is 0 Å². The fourth-order valence-corrected chi connectivity index (χ4v) is 0.807. The monoisotopic (exact) mass is 188 g/mol. The Bertz CT molecular complexity index is 167. The van der Waals surface area contributed by atoms with Crippen LogP contribution in [0.5, 0.6) is 0 Å². The highest BCUT2D eigenvalue weighted by Crippen LogP contribution is 2.24. The molecule has 0 amide bonds. The second kappa shape index (κ2) is 4.61. The van der Waals surface area contributed by atoms with Gasteiger partial charge in [0.1, 0.15) is 0 Å². The van der Waals surface area contributed by atoms with Gasteiger partial charge in [-0.3, -0.25) is 4.79 Å². The Morgan fingerprint density at radius 2 is 1.69 bits per heavy atom. The Morgan fingerprint density at radius 1 is 1.23 bits per heavy atom. The molecule has 0 aliphatic heterocycles. The molecule has 0 aromatic heterocycles. The molecular formula is C10H20O3. The quantitative estimate of drug-likeness (QED) is 0.503. The maximum atomic E-state index is 10.8. The SMILES string of the molecule is CC(=O)OC(OC(C)C)C(C)(C)C. The highest BCUT2D eigenvalue weighted by atomic mass is 16.7. The summed E-state index contributed by atoms with van der Waals surface area (Å²) in [5.41, 5.74) is -0.185. The van der Waals surface area contributed by atoms with Gasteiger partial charge in [-0.05, 0) is 13.8 Å². The van der Waals surface area contributed by atoms with Crippen molar-refractivity contribution < 1.29 is 14.3 Å². The summed E-state index contributed by atoms with van der Waals surface area (Å²) in [6.45, 7) is 11.2. The Balaban J connectivity index is 4.28. The molecule has 3 nitrogen and oxygen atoms in total. The molecule has 0 saturated heterocycles. The number of rotatable bonds is 3. The molecule has 0 radical (unpaired) electrons. The second-order valence-corrected chi connectivity index (χ2v) is 4.49. The first kappa shape index (κ1) is 12.4. The van der Waals surface area contributed by atoms with Crippen LogP contribution in [0.1, 0.15) is 41.5 Å². The lowest BCUT2D eigenvalue weighted by Gasteiger charge is -2.30. The van der Waals surface area contributed by atoms with Crippen LogP contribution >= 0.6 is 0 Å². The lowest BCUT2D eigenvalue weighted by molar-refractivity contribution is -0.212. The van der Waals surface area contributed by atoms with E-state index in [1.165, 1.54) is 6.92 Å². The topological polar surface area (TPSA) is 35.5 Å². The lowest BCUT2D eigenvalue weighted by Crippen LogP contribution is -2.35. The fraction of sp³-hybridized carbons (Fsp3) is 0.900. The number of hydrogen-bond donors (Lipinski definition) is 0. The van der Waals surface area contributed by atoms with E-state index in [9.17, 15) is 4.79 Å². The number of esters is 1. The van der Waals surface area contributed by atoms with Crippen molar-refractivity contribution in [1.29, 1.82) is 0 Å². The minimum absolute atomic E-state index is 0.0589. The van der Waals surface area contributed by atoms with Crippen molar-refractivity contribution in [3.8, 4) is 0 Å². The van der Waals surface area contributed by atoms with Crippen LogP contribution in [0.2, 0.25) is 0 Å². The summed E-state index contributed by atoms with van der Waals surface area (Å²) < 4.78 is 10.5. The van der Waals surface area contributed by atoms with E-state index < -0.39 is 6.29 Å².